The highest BCUT2D eigenvalue weighted by Gasteiger charge is 2.41. The second-order valence-corrected chi connectivity index (χ2v) is 8.20. The van der Waals surface area contributed by atoms with Crippen LogP contribution in [-0.4, -0.2) is 5.54 Å². The number of hydrogen-bond donors (Lipinski definition) is 1. The summed E-state index contributed by atoms with van der Waals surface area (Å²) >= 11 is 3.53. The molecule has 2 aliphatic carbocycles. The zero-order valence-electron chi connectivity index (χ0n) is 13.0. The van der Waals surface area contributed by atoms with Gasteiger partial charge in [-0.15, -0.1) is 0 Å². The standard InChI is InChI=1S/C19H28BrN/c20-17-11-9-15(10-12-17)14-19(21)13-5-4-8-18(19)16-6-2-1-3-7-16/h9-12,16,18H,1-8,13-14,21H2. The Morgan fingerprint density at radius 2 is 1.62 bits per heavy atom. The van der Waals surface area contributed by atoms with Crippen LogP contribution in [0.25, 0.3) is 0 Å². The normalized spacial score (nSPS) is 31.2. The minimum Gasteiger partial charge on any atom is -0.325 e. The van der Waals surface area contributed by atoms with E-state index in [0.717, 1.165) is 22.7 Å². The van der Waals surface area contributed by atoms with Gasteiger partial charge in [-0.2, -0.15) is 0 Å². The van der Waals surface area contributed by atoms with E-state index in [9.17, 15) is 0 Å². The summed E-state index contributed by atoms with van der Waals surface area (Å²) in [6.07, 6.45) is 13.5. The summed E-state index contributed by atoms with van der Waals surface area (Å²) in [5, 5.41) is 0. The molecule has 0 radical (unpaired) electrons. The predicted octanol–water partition coefficient (Wildman–Crippen LogP) is 5.46. The lowest BCUT2D eigenvalue weighted by Gasteiger charge is -2.46. The van der Waals surface area contributed by atoms with Crippen molar-refractivity contribution in [1.82, 2.24) is 0 Å². The van der Waals surface area contributed by atoms with E-state index >= 15 is 0 Å². The first-order valence-electron chi connectivity index (χ1n) is 8.71. The van der Waals surface area contributed by atoms with Crippen LogP contribution >= 0.6 is 15.9 Å². The highest BCUT2D eigenvalue weighted by Crippen LogP contribution is 2.44. The van der Waals surface area contributed by atoms with Crippen molar-refractivity contribution in [3.8, 4) is 0 Å². The number of benzene rings is 1. The van der Waals surface area contributed by atoms with Crippen LogP contribution in [0.2, 0.25) is 0 Å². The quantitative estimate of drug-likeness (QED) is 0.770. The zero-order chi connectivity index (χ0) is 14.7. The number of rotatable bonds is 3. The topological polar surface area (TPSA) is 26.0 Å². The van der Waals surface area contributed by atoms with Gasteiger partial charge in [0, 0.05) is 10.0 Å². The lowest BCUT2D eigenvalue weighted by atomic mass is 9.62. The molecule has 2 atom stereocenters. The van der Waals surface area contributed by atoms with Crippen molar-refractivity contribution in [1.29, 1.82) is 0 Å². The summed E-state index contributed by atoms with van der Waals surface area (Å²) in [7, 11) is 0. The third kappa shape index (κ3) is 3.71. The van der Waals surface area contributed by atoms with E-state index in [1.54, 1.807) is 0 Å². The zero-order valence-corrected chi connectivity index (χ0v) is 14.6. The van der Waals surface area contributed by atoms with E-state index in [0.29, 0.717) is 0 Å². The maximum absolute atomic E-state index is 6.99. The first-order chi connectivity index (χ1) is 10.2. The van der Waals surface area contributed by atoms with E-state index in [1.165, 1.54) is 63.4 Å². The first-order valence-corrected chi connectivity index (χ1v) is 9.50. The molecule has 0 saturated heterocycles. The van der Waals surface area contributed by atoms with Gasteiger partial charge in [0.1, 0.15) is 0 Å². The van der Waals surface area contributed by atoms with Crippen LogP contribution in [0.5, 0.6) is 0 Å². The van der Waals surface area contributed by atoms with Gasteiger partial charge in [0.2, 0.25) is 0 Å². The summed E-state index contributed by atoms with van der Waals surface area (Å²) in [6.45, 7) is 0. The van der Waals surface area contributed by atoms with Gasteiger partial charge >= 0.3 is 0 Å². The summed E-state index contributed by atoms with van der Waals surface area (Å²) in [6, 6.07) is 8.78. The van der Waals surface area contributed by atoms with Crippen LogP contribution in [0.15, 0.2) is 28.7 Å². The average Bonchev–Trinajstić information content (AvgIpc) is 2.51. The molecule has 2 unspecified atom stereocenters. The molecule has 0 spiro atoms. The lowest BCUT2D eigenvalue weighted by molar-refractivity contribution is 0.0995. The molecule has 2 saturated carbocycles. The van der Waals surface area contributed by atoms with Crippen LogP contribution in [0.1, 0.15) is 63.4 Å². The van der Waals surface area contributed by atoms with Crippen molar-refractivity contribution in [2.24, 2.45) is 17.6 Å². The molecule has 2 aliphatic rings. The molecule has 0 bridgehead atoms. The van der Waals surface area contributed by atoms with E-state index in [1.807, 2.05) is 0 Å². The van der Waals surface area contributed by atoms with Crippen LogP contribution in [0.4, 0.5) is 0 Å². The van der Waals surface area contributed by atoms with Gasteiger partial charge in [0.25, 0.3) is 0 Å². The lowest BCUT2D eigenvalue weighted by Crippen LogP contribution is -2.53. The molecule has 1 nitrogen and oxygen atoms in total. The SMILES string of the molecule is NC1(Cc2ccc(Br)cc2)CCCCC1C1CCCCC1. The van der Waals surface area contributed by atoms with Crippen LogP contribution < -0.4 is 5.73 Å². The second kappa shape index (κ2) is 6.83. The molecule has 1 aromatic carbocycles. The highest BCUT2D eigenvalue weighted by atomic mass is 79.9. The molecule has 3 rings (SSSR count). The molecule has 2 N–H and O–H groups in total. The third-order valence-electron chi connectivity index (χ3n) is 5.81. The Bertz CT molecular complexity index is 449. The Morgan fingerprint density at radius 3 is 2.33 bits per heavy atom. The number of halogens is 1. The average molecular weight is 350 g/mol. The van der Waals surface area contributed by atoms with Crippen molar-refractivity contribution < 1.29 is 0 Å². The molecule has 0 heterocycles. The van der Waals surface area contributed by atoms with Crippen molar-refractivity contribution in [3.63, 3.8) is 0 Å². The largest absolute Gasteiger partial charge is 0.325 e. The fourth-order valence-electron chi connectivity index (χ4n) is 4.73. The summed E-state index contributed by atoms with van der Waals surface area (Å²) in [5.41, 5.74) is 8.43. The van der Waals surface area contributed by atoms with E-state index in [2.05, 4.69) is 40.2 Å². The molecular weight excluding hydrogens is 322 g/mol. The fraction of sp³-hybridized carbons (Fsp3) is 0.684. The molecule has 2 heteroatoms. The maximum atomic E-state index is 6.99. The van der Waals surface area contributed by atoms with Crippen molar-refractivity contribution in [3.05, 3.63) is 34.3 Å². The van der Waals surface area contributed by atoms with Gasteiger partial charge in [0.15, 0.2) is 0 Å². The molecular formula is C19H28BrN. The van der Waals surface area contributed by atoms with Gasteiger partial charge < -0.3 is 5.73 Å². The molecule has 116 valence electrons. The van der Waals surface area contributed by atoms with Crippen molar-refractivity contribution in [2.45, 2.75) is 69.7 Å². The monoisotopic (exact) mass is 349 g/mol. The maximum Gasteiger partial charge on any atom is 0.0226 e. The Labute approximate surface area is 137 Å². The second-order valence-electron chi connectivity index (χ2n) is 7.29. The fourth-order valence-corrected chi connectivity index (χ4v) is 5.00. The molecule has 21 heavy (non-hydrogen) atoms. The van der Waals surface area contributed by atoms with Gasteiger partial charge in [-0.25, -0.2) is 0 Å². The first kappa shape index (κ1) is 15.6. The minimum absolute atomic E-state index is 0.0358. The molecule has 0 amide bonds. The highest BCUT2D eigenvalue weighted by molar-refractivity contribution is 9.10. The molecule has 0 aliphatic heterocycles. The number of hydrogen-bond acceptors (Lipinski definition) is 1. The van der Waals surface area contributed by atoms with Gasteiger partial charge in [0.05, 0.1) is 0 Å². The smallest absolute Gasteiger partial charge is 0.0226 e. The predicted molar refractivity (Wildman–Crippen MR) is 93.3 cm³/mol. The van der Waals surface area contributed by atoms with Crippen LogP contribution in [0, 0.1) is 11.8 Å². The van der Waals surface area contributed by atoms with Gasteiger partial charge in [-0.05, 0) is 48.8 Å². The Kier molecular flexibility index (Phi) is 5.06. The van der Waals surface area contributed by atoms with Gasteiger partial charge in [-0.3, -0.25) is 0 Å². The summed E-state index contributed by atoms with van der Waals surface area (Å²) in [4.78, 5) is 0. The Morgan fingerprint density at radius 1 is 0.952 bits per heavy atom. The summed E-state index contributed by atoms with van der Waals surface area (Å²) < 4.78 is 1.16. The Hall–Kier alpha value is -0.340. The van der Waals surface area contributed by atoms with E-state index in [4.69, 9.17) is 5.73 Å². The Balaban J connectivity index is 1.75. The van der Waals surface area contributed by atoms with Crippen molar-refractivity contribution in [2.75, 3.05) is 0 Å². The summed E-state index contributed by atoms with van der Waals surface area (Å²) in [5.74, 6) is 1.63. The molecule has 1 aromatic rings. The number of nitrogens with two attached hydrogens (primary N) is 1. The van der Waals surface area contributed by atoms with E-state index in [-0.39, 0.29) is 5.54 Å². The molecule has 2 fully saturated rings. The van der Waals surface area contributed by atoms with E-state index < -0.39 is 0 Å². The van der Waals surface area contributed by atoms with Crippen LogP contribution in [0.3, 0.4) is 0 Å². The van der Waals surface area contributed by atoms with Crippen LogP contribution in [-0.2, 0) is 6.42 Å². The van der Waals surface area contributed by atoms with Gasteiger partial charge in [-0.1, -0.05) is 73.0 Å². The molecule has 0 aromatic heterocycles. The third-order valence-corrected chi connectivity index (χ3v) is 6.34. The minimum atomic E-state index is 0.0358. The van der Waals surface area contributed by atoms with Crippen molar-refractivity contribution >= 4 is 15.9 Å².